The number of benzene rings is 1. The highest BCUT2D eigenvalue weighted by Gasteiger charge is 2.07. The molecule has 0 aromatic heterocycles. The number of anilines is 1. The molecule has 0 aliphatic heterocycles. The maximum atomic E-state index is 3.57. The highest BCUT2D eigenvalue weighted by molar-refractivity contribution is 5.47. The summed E-state index contributed by atoms with van der Waals surface area (Å²) in [7, 11) is 0. The zero-order valence-electron chi connectivity index (χ0n) is 9.37. The average molecular weight is 201 g/mol. The van der Waals surface area contributed by atoms with Crippen LogP contribution in [0.3, 0.4) is 0 Å². The summed E-state index contributed by atoms with van der Waals surface area (Å²) in [5, 5.41) is 3.57. The summed E-state index contributed by atoms with van der Waals surface area (Å²) in [5.74, 6) is 0. The van der Waals surface area contributed by atoms with Crippen molar-refractivity contribution in [3.63, 3.8) is 0 Å². The predicted molar refractivity (Wildman–Crippen MR) is 66.2 cm³/mol. The Morgan fingerprint density at radius 1 is 1.40 bits per heavy atom. The van der Waals surface area contributed by atoms with E-state index in [0.717, 1.165) is 6.42 Å². The van der Waals surface area contributed by atoms with Gasteiger partial charge in [0.1, 0.15) is 0 Å². The van der Waals surface area contributed by atoms with Crippen LogP contribution in [0.5, 0.6) is 0 Å². The van der Waals surface area contributed by atoms with Crippen LogP contribution in [0.1, 0.15) is 31.7 Å². The average Bonchev–Trinajstić information content (AvgIpc) is 2.31. The summed E-state index contributed by atoms with van der Waals surface area (Å²) in [6, 6.07) is 9.26. The molecule has 0 fully saturated rings. The van der Waals surface area contributed by atoms with Gasteiger partial charge >= 0.3 is 0 Å². The number of hydrogen-bond donors (Lipinski definition) is 1. The van der Waals surface area contributed by atoms with Crippen molar-refractivity contribution in [3.8, 4) is 0 Å². The number of hydrogen-bond acceptors (Lipinski definition) is 1. The fourth-order valence-electron chi connectivity index (χ4n) is 2.03. The summed E-state index contributed by atoms with van der Waals surface area (Å²) < 4.78 is 0. The maximum Gasteiger partial charge on any atom is 0.0444 e. The van der Waals surface area contributed by atoms with E-state index in [0.29, 0.717) is 6.04 Å². The second-order valence-electron chi connectivity index (χ2n) is 4.16. The third-order valence-corrected chi connectivity index (χ3v) is 2.94. The van der Waals surface area contributed by atoms with E-state index in [1.54, 1.807) is 0 Å². The van der Waals surface area contributed by atoms with E-state index in [1.807, 2.05) is 0 Å². The van der Waals surface area contributed by atoms with E-state index in [9.17, 15) is 0 Å². The van der Waals surface area contributed by atoms with Crippen LogP contribution < -0.4 is 5.32 Å². The minimum absolute atomic E-state index is 0.533. The lowest BCUT2D eigenvalue weighted by atomic mass is 10.0. The van der Waals surface area contributed by atoms with Crippen LogP contribution in [0.4, 0.5) is 5.69 Å². The zero-order valence-corrected chi connectivity index (χ0v) is 9.37. The Hall–Kier alpha value is -1.24. The maximum absolute atomic E-state index is 3.57. The molecule has 80 valence electrons. The first-order valence-electron chi connectivity index (χ1n) is 5.90. The molecule has 1 aromatic carbocycles. The van der Waals surface area contributed by atoms with Crippen LogP contribution in [-0.4, -0.2) is 6.04 Å². The molecule has 1 nitrogen and oxygen atoms in total. The smallest absolute Gasteiger partial charge is 0.0444 e. The Kier molecular flexibility index (Phi) is 3.44. The van der Waals surface area contributed by atoms with Crippen LogP contribution >= 0.6 is 0 Å². The highest BCUT2D eigenvalue weighted by Crippen LogP contribution is 2.17. The Balaban J connectivity index is 2.03. The van der Waals surface area contributed by atoms with Gasteiger partial charge in [-0.15, -0.1) is 0 Å². The molecule has 1 heteroatoms. The normalized spacial score (nSPS) is 20.2. The van der Waals surface area contributed by atoms with Crippen molar-refractivity contribution in [2.45, 2.75) is 38.6 Å². The van der Waals surface area contributed by atoms with E-state index < -0.39 is 0 Å². The van der Waals surface area contributed by atoms with Gasteiger partial charge in [-0.2, -0.15) is 0 Å². The molecule has 0 saturated heterocycles. The second-order valence-corrected chi connectivity index (χ2v) is 4.16. The van der Waals surface area contributed by atoms with Crippen LogP contribution in [0, 0.1) is 0 Å². The third kappa shape index (κ3) is 2.85. The van der Waals surface area contributed by atoms with Crippen molar-refractivity contribution >= 4 is 5.69 Å². The topological polar surface area (TPSA) is 12.0 Å². The van der Waals surface area contributed by atoms with Crippen molar-refractivity contribution in [2.75, 3.05) is 5.32 Å². The van der Waals surface area contributed by atoms with E-state index in [1.165, 1.54) is 30.5 Å². The molecule has 1 atom stereocenters. The van der Waals surface area contributed by atoms with Gasteiger partial charge < -0.3 is 5.32 Å². The molecule has 0 heterocycles. The van der Waals surface area contributed by atoms with Gasteiger partial charge in [-0.05, 0) is 43.4 Å². The summed E-state index contributed by atoms with van der Waals surface area (Å²) in [6.07, 6.45) is 9.49. The number of aryl methyl sites for hydroxylation is 1. The molecule has 0 saturated carbocycles. The lowest BCUT2D eigenvalue weighted by molar-refractivity contribution is 0.673. The van der Waals surface area contributed by atoms with Crippen LogP contribution in [-0.2, 0) is 6.42 Å². The van der Waals surface area contributed by atoms with Crippen molar-refractivity contribution < 1.29 is 0 Å². The molecule has 1 aliphatic carbocycles. The number of rotatable bonds is 3. The first-order chi connectivity index (χ1) is 7.38. The molecular weight excluding hydrogens is 182 g/mol. The summed E-state index contributed by atoms with van der Waals surface area (Å²) in [4.78, 5) is 0. The molecule has 15 heavy (non-hydrogen) atoms. The molecule has 0 spiro atoms. The molecule has 1 aliphatic rings. The quantitative estimate of drug-likeness (QED) is 0.734. The van der Waals surface area contributed by atoms with Crippen molar-refractivity contribution in [3.05, 3.63) is 42.0 Å². The lowest BCUT2D eigenvalue weighted by Crippen LogP contribution is -2.18. The SMILES string of the molecule is CCc1cccc(NC2C=CCCC2)c1. The third-order valence-electron chi connectivity index (χ3n) is 2.94. The Bertz CT molecular complexity index is 341. The number of nitrogens with one attached hydrogen (secondary N) is 1. The summed E-state index contributed by atoms with van der Waals surface area (Å²) >= 11 is 0. The molecule has 0 radical (unpaired) electrons. The molecule has 2 rings (SSSR count). The molecule has 0 amide bonds. The fraction of sp³-hybridized carbons (Fsp3) is 0.429. The van der Waals surface area contributed by atoms with E-state index in [-0.39, 0.29) is 0 Å². The Morgan fingerprint density at radius 3 is 3.07 bits per heavy atom. The molecule has 0 bridgehead atoms. The first kappa shape index (κ1) is 10.3. The molecule has 1 aromatic rings. The van der Waals surface area contributed by atoms with Gasteiger partial charge in [0.25, 0.3) is 0 Å². The van der Waals surface area contributed by atoms with Crippen molar-refractivity contribution in [1.29, 1.82) is 0 Å². The molecular formula is C14H19N. The van der Waals surface area contributed by atoms with Gasteiger partial charge in [0, 0.05) is 11.7 Å². The van der Waals surface area contributed by atoms with Crippen LogP contribution in [0.15, 0.2) is 36.4 Å². The van der Waals surface area contributed by atoms with E-state index in [2.05, 4.69) is 48.7 Å². The first-order valence-corrected chi connectivity index (χ1v) is 5.90. The van der Waals surface area contributed by atoms with Gasteiger partial charge in [-0.1, -0.05) is 31.2 Å². The standard InChI is InChI=1S/C14H19N/c1-2-12-7-6-10-14(11-12)15-13-8-4-3-5-9-13/h4,6-8,10-11,13,15H,2-3,5,9H2,1H3. The molecule has 1 unspecified atom stereocenters. The highest BCUT2D eigenvalue weighted by atomic mass is 14.9. The number of allylic oxidation sites excluding steroid dienone is 1. The largest absolute Gasteiger partial charge is 0.379 e. The fourth-order valence-corrected chi connectivity index (χ4v) is 2.03. The van der Waals surface area contributed by atoms with Crippen molar-refractivity contribution in [1.82, 2.24) is 0 Å². The molecule has 1 N–H and O–H groups in total. The summed E-state index contributed by atoms with van der Waals surface area (Å²) in [6.45, 7) is 2.19. The van der Waals surface area contributed by atoms with E-state index >= 15 is 0 Å². The van der Waals surface area contributed by atoms with Crippen LogP contribution in [0.25, 0.3) is 0 Å². The zero-order chi connectivity index (χ0) is 10.5. The Labute approximate surface area is 92.2 Å². The van der Waals surface area contributed by atoms with Crippen molar-refractivity contribution in [2.24, 2.45) is 0 Å². The minimum Gasteiger partial charge on any atom is -0.379 e. The monoisotopic (exact) mass is 201 g/mol. The Morgan fingerprint density at radius 2 is 2.33 bits per heavy atom. The van der Waals surface area contributed by atoms with Gasteiger partial charge in [-0.3, -0.25) is 0 Å². The van der Waals surface area contributed by atoms with Gasteiger partial charge in [0.15, 0.2) is 0 Å². The van der Waals surface area contributed by atoms with E-state index in [4.69, 9.17) is 0 Å². The predicted octanol–water partition coefficient (Wildman–Crippen LogP) is 3.77. The van der Waals surface area contributed by atoms with Crippen LogP contribution in [0.2, 0.25) is 0 Å². The second kappa shape index (κ2) is 5.01. The lowest BCUT2D eigenvalue weighted by Gasteiger charge is -2.19. The van der Waals surface area contributed by atoms with Gasteiger partial charge in [0.05, 0.1) is 0 Å². The minimum atomic E-state index is 0.533. The van der Waals surface area contributed by atoms with Gasteiger partial charge in [0.2, 0.25) is 0 Å². The van der Waals surface area contributed by atoms with Gasteiger partial charge in [-0.25, -0.2) is 0 Å². The summed E-state index contributed by atoms with van der Waals surface area (Å²) in [5.41, 5.74) is 2.66.